The molecule has 0 aliphatic heterocycles. The summed E-state index contributed by atoms with van der Waals surface area (Å²) in [5.41, 5.74) is 1.51. The van der Waals surface area contributed by atoms with Gasteiger partial charge in [-0.15, -0.1) is 0 Å². The first kappa shape index (κ1) is 14.1. The Morgan fingerprint density at radius 1 is 0.944 bits per heavy atom. The Bertz CT molecular complexity index is 586. The average molecular weight is 368 g/mol. The van der Waals surface area contributed by atoms with Crippen molar-refractivity contribution in [1.82, 2.24) is 0 Å². The SMILES string of the molecule is Fc1cc(C(Br)c2cc(Cl)ccc2Cl)ccc1Cl. The maximum absolute atomic E-state index is 13.4. The lowest BCUT2D eigenvalue weighted by Gasteiger charge is -2.13. The lowest BCUT2D eigenvalue weighted by Crippen LogP contribution is -1.95. The van der Waals surface area contributed by atoms with Crippen LogP contribution < -0.4 is 0 Å². The first-order valence-corrected chi connectivity index (χ1v) is 7.08. The third-order valence-electron chi connectivity index (χ3n) is 2.47. The van der Waals surface area contributed by atoms with Crippen molar-refractivity contribution < 1.29 is 4.39 Å². The molecule has 1 atom stereocenters. The maximum atomic E-state index is 13.4. The summed E-state index contributed by atoms with van der Waals surface area (Å²) in [4.78, 5) is -0.240. The predicted molar refractivity (Wildman–Crippen MR) is 78.6 cm³/mol. The average Bonchev–Trinajstić information content (AvgIpc) is 2.35. The van der Waals surface area contributed by atoms with E-state index >= 15 is 0 Å². The fraction of sp³-hybridized carbons (Fsp3) is 0.0769. The van der Waals surface area contributed by atoms with Gasteiger partial charge in [-0.1, -0.05) is 56.8 Å². The monoisotopic (exact) mass is 366 g/mol. The molecule has 94 valence electrons. The van der Waals surface area contributed by atoms with Crippen LogP contribution in [0.1, 0.15) is 16.0 Å². The number of halogens is 5. The second-order valence-electron chi connectivity index (χ2n) is 3.70. The standard InChI is InChI=1S/C13H7BrCl3F/c14-13(7-1-3-11(17)12(18)5-7)9-6-8(15)2-4-10(9)16/h1-6,13H. The third kappa shape index (κ3) is 3.00. The van der Waals surface area contributed by atoms with Gasteiger partial charge in [0.15, 0.2) is 0 Å². The topological polar surface area (TPSA) is 0 Å². The van der Waals surface area contributed by atoms with Crippen LogP contribution in [0.3, 0.4) is 0 Å². The summed E-state index contributed by atoms with van der Waals surface area (Å²) in [5.74, 6) is -0.461. The third-order valence-corrected chi connectivity index (χ3v) is 4.38. The van der Waals surface area contributed by atoms with E-state index in [-0.39, 0.29) is 9.85 Å². The molecule has 0 nitrogen and oxygen atoms in total. The van der Waals surface area contributed by atoms with Crippen molar-refractivity contribution in [3.63, 3.8) is 0 Å². The summed E-state index contributed by atoms with van der Waals surface area (Å²) >= 11 is 21.2. The van der Waals surface area contributed by atoms with Crippen molar-refractivity contribution in [2.75, 3.05) is 0 Å². The second kappa shape index (κ2) is 5.79. The zero-order chi connectivity index (χ0) is 13.3. The molecule has 0 aliphatic rings. The van der Waals surface area contributed by atoms with E-state index in [0.717, 1.165) is 11.1 Å². The predicted octanol–water partition coefficient (Wildman–Crippen LogP) is 6.27. The van der Waals surface area contributed by atoms with E-state index < -0.39 is 5.82 Å². The Hall–Kier alpha value is -0.280. The van der Waals surface area contributed by atoms with Crippen molar-refractivity contribution in [3.8, 4) is 0 Å². The van der Waals surface area contributed by atoms with Gasteiger partial charge in [0.05, 0.1) is 9.85 Å². The molecular formula is C13H7BrCl3F. The van der Waals surface area contributed by atoms with Gasteiger partial charge in [-0.2, -0.15) is 0 Å². The zero-order valence-electron chi connectivity index (χ0n) is 8.93. The quantitative estimate of drug-likeness (QED) is 0.548. The van der Waals surface area contributed by atoms with E-state index in [9.17, 15) is 4.39 Å². The van der Waals surface area contributed by atoms with Gasteiger partial charge in [-0.05, 0) is 41.5 Å². The lowest BCUT2D eigenvalue weighted by molar-refractivity contribution is 0.626. The van der Waals surface area contributed by atoms with Crippen molar-refractivity contribution in [1.29, 1.82) is 0 Å². The van der Waals surface area contributed by atoms with Gasteiger partial charge in [0.25, 0.3) is 0 Å². The minimum absolute atomic E-state index is 0.0932. The Balaban J connectivity index is 2.44. The molecule has 0 saturated carbocycles. The number of benzene rings is 2. The molecule has 0 fully saturated rings. The number of hydrogen-bond acceptors (Lipinski definition) is 0. The minimum atomic E-state index is -0.461. The van der Waals surface area contributed by atoms with E-state index in [1.807, 2.05) is 0 Å². The first-order valence-electron chi connectivity index (χ1n) is 5.03. The minimum Gasteiger partial charge on any atom is -0.205 e. The molecule has 0 spiro atoms. The van der Waals surface area contributed by atoms with E-state index in [2.05, 4.69) is 15.9 Å². The van der Waals surface area contributed by atoms with Gasteiger partial charge in [-0.25, -0.2) is 4.39 Å². The number of hydrogen-bond donors (Lipinski definition) is 0. The normalized spacial score (nSPS) is 12.5. The Labute approximate surface area is 128 Å². The van der Waals surface area contributed by atoms with Crippen LogP contribution in [0.2, 0.25) is 15.1 Å². The second-order valence-corrected chi connectivity index (χ2v) is 5.87. The number of rotatable bonds is 2. The Morgan fingerprint density at radius 2 is 1.61 bits per heavy atom. The van der Waals surface area contributed by atoms with Gasteiger partial charge in [-0.3, -0.25) is 0 Å². The first-order chi connectivity index (χ1) is 8.49. The molecule has 0 saturated heterocycles. The summed E-state index contributed by atoms with van der Waals surface area (Å²) in [6.07, 6.45) is 0. The molecule has 2 aromatic carbocycles. The van der Waals surface area contributed by atoms with E-state index in [0.29, 0.717) is 10.0 Å². The van der Waals surface area contributed by atoms with Crippen LogP contribution in [0, 0.1) is 5.82 Å². The van der Waals surface area contributed by atoms with Crippen LogP contribution in [0.25, 0.3) is 0 Å². The van der Waals surface area contributed by atoms with E-state index in [1.165, 1.54) is 12.1 Å². The highest BCUT2D eigenvalue weighted by Crippen LogP contribution is 2.37. The molecular weight excluding hydrogens is 361 g/mol. The van der Waals surface area contributed by atoms with Crippen LogP contribution in [-0.4, -0.2) is 0 Å². The summed E-state index contributed by atoms with van der Waals surface area (Å²) in [6.45, 7) is 0. The highest BCUT2D eigenvalue weighted by atomic mass is 79.9. The van der Waals surface area contributed by atoms with Gasteiger partial charge in [0, 0.05) is 10.0 Å². The van der Waals surface area contributed by atoms with Crippen LogP contribution in [0.15, 0.2) is 36.4 Å². The zero-order valence-corrected chi connectivity index (χ0v) is 12.8. The molecule has 2 rings (SSSR count). The van der Waals surface area contributed by atoms with Crippen molar-refractivity contribution in [2.24, 2.45) is 0 Å². The smallest absolute Gasteiger partial charge is 0.142 e. The van der Waals surface area contributed by atoms with E-state index in [4.69, 9.17) is 34.8 Å². The molecule has 0 amide bonds. The van der Waals surface area contributed by atoms with Crippen molar-refractivity contribution in [2.45, 2.75) is 4.83 Å². The summed E-state index contributed by atoms with van der Waals surface area (Å²) < 4.78 is 13.4. The summed E-state index contributed by atoms with van der Waals surface area (Å²) in [7, 11) is 0. The highest BCUT2D eigenvalue weighted by molar-refractivity contribution is 9.09. The Morgan fingerprint density at radius 3 is 2.28 bits per heavy atom. The van der Waals surface area contributed by atoms with Crippen molar-refractivity contribution in [3.05, 3.63) is 68.4 Å². The molecule has 0 heterocycles. The fourth-order valence-corrected chi connectivity index (χ4v) is 2.88. The molecule has 18 heavy (non-hydrogen) atoms. The molecule has 0 bridgehead atoms. The Kier molecular flexibility index (Phi) is 4.54. The van der Waals surface area contributed by atoms with Crippen LogP contribution in [-0.2, 0) is 0 Å². The molecule has 5 heteroatoms. The van der Waals surface area contributed by atoms with Gasteiger partial charge >= 0.3 is 0 Å². The largest absolute Gasteiger partial charge is 0.205 e. The van der Waals surface area contributed by atoms with Gasteiger partial charge in [0.1, 0.15) is 5.82 Å². The molecule has 1 unspecified atom stereocenters. The highest BCUT2D eigenvalue weighted by Gasteiger charge is 2.15. The molecule has 0 aromatic heterocycles. The summed E-state index contributed by atoms with van der Waals surface area (Å²) in [5, 5.41) is 1.24. The fourth-order valence-electron chi connectivity index (χ4n) is 1.56. The molecule has 0 N–H and O–H groups in total. The van der Waals surface area contributed by atoms with Crippen molar-refractivity contribution >= 4 is 50.7 Å². The van der Waals surface area contributed by atoms with Crippen LogP contribution >= 0.6 is 50.7 Å². The maximum Gasteiger partial charge on any atom is 0.142 e. The summed E-state index contributed by atoms with van der Waals surface area (Å²) in [6, 6.07) is 9.78. The number of alkyl halides is 1. The molecule has 2 aromatic rings. The van der Waals surface area contributed by atoms with E-state index in [1.54, 1.807) is 24.3 Å². The van der Waals surface area contributed by atoms with Gasteiger partial charge < -0.3 is 0 Å². The van der Waals surface area contributed by atoms with Gasteiger partial charge in [0.2, 0.25) is 0 Å². The molecule has 0 aliphatic carbocycles. The van der Waals surface area contributed by atoms with Crippen LogP contribution in [0.5, 0.6) is 0 Å². The van der Waals surface area contributed by atoms with Crippen LogP contribution in [0.4, 0.5) is 4.39 Å². The lowest BCUT2D eigenvalue weighted by atomic mass is 10.0. The molecule has 0 radical (unpaired) electrons.